The fraction of sp³-hybridized carbons (Fsp3) is 0.0556. The summed E-state index contributed by atoms with van der Waals surface area (Å²) in [6.45, 7) is 0.481. The molecule has 2 N–H and O–H groups in total. The van der Waals surface area contributed by atoms with Crippen LogP contribution in [0.2, 0.25) is 5.02 Å². The Labute approximate surface area is 158 Å². The van der Waals surface area contributed by atoms with Crippen LogP contribution in [0.25, 0.3) is 6.08 Å². The molecule has 3 aromatic rings. The van der Waals surface area contributed by atoms with Crippen molar-refractivity contribution >= 4 is 45.2 Å². The van der Waals surface area contributed by atoms with Crippen LogP contribution in [-0.4, -0.2) is 16.1 Å². The summed E-state index contributed by atoms with van der Waals surface area (Å²) in [5.74, 6) is -0.606. The second-order valence-corrected chi connectivity index (χ2v) is 6.62. The van der Waals surface area contributed by atoms with Crippen molar-refractivity contribution in [2.24, 2.45) is 0 Å². The van der Waals surface area contributed by atoms with E-state index in [1.54, 1.807) is 24.3 Å². The molecular weight excluding hydrogens is 375 g/mol. The van der Waals surface area contributed by atoms with Gasteiger partial charge in [0.1, 0.15) is 5.82 Å². The number of anilines is 2. The SMILES string of the molecule is O=C(C=Cc1ccccc1Cl)Nc1nnc(NCc2ccc(F)cc2)s1. The molecule has 2 aromatic carbocycles. The van der Waals surface area contributed by atoms with Crippen LogP contribution in [0.3, 0.4) is 0 Å². The highest BCUT2D eigenvalue weighted by Gasteiger charge is 2.06. The number of halogens is 2. The van der Waals surface area contributed by atoms with E-state index >= 15 is 0 Å². The van der Waals surface area contributed by atoms with Crippen molar-refractivity contribution in [1.29, 1.82) is 0 Å². The minimum atomic E-state index is -0.328. The van der Waals surface area contributed by atoms with Gasteiger partial charge in [0.25, 0.3) is 0 Å². The maximum atomic E-state index is 12.9. The average molecular weight is 389 g/mol. The number of hydrogen-bond donors (Lipinski definition) is 2. The van der Waals surface area contributed by atoms with Crippen LogP contribution in [0.15, 0.2) is 54.6 Å². The lowest BCUT2D eigenvalue weighted by atomic mass is 10.2. The molecule has 0 spiro atoms. The molecule has 0 saturated heterocycles. The van der Waals surface area contributed by atoms with Crippen molar-refractivity contribution in [3.05, 3.63) is 76.6 Å². The van der Waals surface area contributed by atoms with Crippen LogP contribution in [0.5, 0.6) is 0 Å². The number of nitrogens with zero attached hydrogens (tertiary/aromatic N) is 2. The molecule has 5 nitrogen and oxygen atoms in total. The molecule has 0 atom stereocenters. The molecule has 8 heteroatoms. The van der Waals surface area contributed by atoms with Crippen LogP contribution in [0.4, 0.5) is 14.7 Å². The number of carbonyl (C=O) groups excluding carboxylic acids is 1. The molecule has 3 rings (SSSR count). The Balaban J connectivity index is 1.53. The van der Waals surface area contributed by atoms with Gasteiger partial charge in [0.15, 0.2) is 0 Å². The van der Waals surface area contributed by atoms with E-state index in [9.17, 15) is 9.18 Å². The fourth-order valence-corrected chi connectivity index (χ4v) is 2.89. The minimum absolute atomic E-state index is 0.278. The molecule has 0 radical (unpaired) electrons. The molecule has 0 bridgehead atoms. The summed E-state index contributed by atoms with van der Waals surface area (Å²) < 4.78 is 12.9. The Morgan fingerprint density at radius 1 is 1.12 bits per heavy atom. The van der Waals surface area contributed by atoms with Crippen LogP contribution < -0.4 is 10.6 Å². The number of aromatic nitrogens is 2. The summed E-state index contributed by atoms with van der Waals surface area (Å²) in [7, 11) is 0. The summed E-state index contributed by atoms with van der Waals surface area (Å²) in [6, 6.07) is 13.4. The number of nitrogens with one attached hydrogen (secondary N) is 2. The highest BCUT2D eigenvalue weighted by molar-refractivity contribution is 7.19. The number of hydrogen-bond acceptors (Lipinski definition) is 5. The van der Waals surface area contributed by atoms with Gasteiger partial charge in [-0.05, 0) is 35.4 Å². The van der Waals surface area contributed by atoms with Gasteiger partial charge in [-0.15, -0.1) is 10.2 Å². The maximum Gasteiger partial charge on any atom is 0.250 e. The van der Waals surface area contributed by atoms with Gasteiger partial charge in [-0.2, -0.15) is 0 Å². The van der Waals surface area contributed by atoms with E-state index in [4.69, 9.17) is 11.6 Å². The molecule has 1 amide bonds. The van der Waals surface area contributed by atoms with Crippen molar-refractivity contribution in [2.75, 3.05) is 10.6 Å². The first-order valence-electron chi connectivity index (χ1n) is 7.65. The summed E-state index contributed by atoms with van der Waals surface area (Å²) in [5, 5.41) is 15.1. The van der Waals surface area contributed by atoms with Gasteiger partial charge < -0.3 is 5.32 Å². The highest BCUT2D eigenvalue weighted by Crippen LogP contribution is 2.21. The average Bonchev–Trinajstić information content (AvgIpc) is 3.08. The third-order valence-corrected chi connectivity index (χ3v) is 4.47. The lowest BCUT2D eigenvalue weighted by Crippen LogP contribution is -2.07. The van der Waals surface area contributed by atoms with Gasteiger partial charge in [0.2, 0.25) is 16.2 Å². The third kappa shape index (κ3) is 5.11. The van der Waals surface area contributed by atoms with E-state index in [2.05, 4.69) is 20.8 Å². The van der Waals surface area contributed by atoms with E-state index < -0.39 is 0 Å². The molecule has 0 saturated carbocycles. The maximum absolute atomic E-state index is 12.9. The van der Waals surface area contributed by atoms with Crippen molar-refractivity contribution in [3.63, 3.8) is 0 Å². The Morgan fingerprint density at radius 3 is 2.62 bits per heavy atom. The lowest BCUT2D eigenvalue weighted by Gasteiger charge is -2.01. The van der Waals surface area contributed by atoms with E-state index in [0.29, 0.717) is 21.8 Å². The van der Waals surface area contributed by atoms with Crippen molar-refractivity contribution in [2.45, 2.75) is 6.54 Å². The second kappa shape index (κ2) is 8.55. The zero-order chi connectivity index (χ0) is 18.4. The van der Waals surface area contributed by atoms with E-state index in [1.807, 2.05) is 18.2 Å². The molecule has 132 valence electrons. The van der Waals surface area contributed by atoms with Gasteiger partial charge in [-0.1, -0.05) is 53.3 Å². The highest BCUT2D eigenvalue weighted by atomic mass is 35.5. The Hall–Kier alpha value is -2.77. The van der Waals surface area contributed by atoms with Crippen molar-refractivity contribution in [1.82, 2.24) is 10.2 Å². The molecule has 0 aliphatic carbocycles. The van der Waals surface area contributed by atoms with Crippen molar-refractivity contribution in [3.8, 4) is 0 Å². The number of carbonyl (C=O) groups is 1. The molecular formula is C18H14ClFN4OS. The quantitative estimate of drug-likeness (QED) is 0.606. The zero-order valence-corrected chi connectivity index (χ0v) is 15.0. The van der Waals surface area contributed by atoms with Gasteiger partial charge >= 0.3 is 0 Å². The van der Waals surface area contributed by atoms with Gasteiger partial charge in [0, 0.05) is 17.6 Å². The summed E-state index contributed by atoms with van der Waals surface area (Å²) in [4.78, 5) is 12.0. The molecule has 26 heavy (non-hydrogen) atoms. The van der Waals surface area contributed by atoms with Gasteiger partial charge in [-0.25, -0.2) is 4.39 Å². The topological polar surface area (TPSA) is 66.9 Å². The van der Waals surface area contributed by atoms with Gasteiger partial charge in [0.05, 0.1) is 0 Å². The summed E-state index contributed by atoms with van der Waals surface area (Å²) >= 11 is 7.24. The molecule has 0 aliphatic heterocycles. The Kier molecular flexibility index (Phi) is 5.93. The predicted molar refractivity (Wildman–Crippen MR) is 103 cm³/mol. The van der Waals surface area contributed by atoms with E-state index in [-0.39, 0.29) is 11.7 Å². The smallest absolute Gasteiger partial charge is 0.250 e. The molecule has 1 aromatic heterocycles. The van der Waals surface area contributed by atoms with Crippen LogP contribution in [-0.2, 0) is 11.3 Å². The van der Waals surface area contributed by atoms with Gasteiger partial charge in [-0.3, -0.25) is 10.1 Å². The molecule has 0 unspecified atom stereocenters. The monoisotopic (exact) mass is 388 g/mol. The molecule has 0 aliphatic rings. The molecule has 1 heterocycles. The number of benzene rings is 2. The first kappa shape index (κ1) is 18.0. The third-order valence-electron chi connectivity index (χ3n) is 3.33. The molecule has 0 fully saturated rings. The van der Waals surface area contributed by atoms with Crippen molar-refractivity contribution < 1.29 is 9.18 Å². The lowest BCUT2D eigenvalue weighted by molar-refractivity contribution is -0.111. The van der Waals surface area contributed by atoms with Crippen LogP contribution >= 0.6 is 22.9 Å². The Morgan fingerprint density at radius 2 is 1.85 bits per heavy atom. The largest absolute Gasteiger partial charge is 0.356 e. The predicted octanol–water partition coefficient (Wildman–Crippen LogP) is 4.59. The Bertz CT molecular complexity index is 927. The standard InChI is InChI=1S/C18H14ClFN4OS/c19-15-4-2-1-3-13(15)7-10-16(25)22-18-24-23-17(26-18)21-11-12-5-8-14(20)9-6-12/h1-10H,11H2,(H,21,23)(H,22,24,25). The summed E-state index contributed by atoms with van der Waals surface area (Å²) in [6.07, 6.45) is 3.01. The second-order valence-electron chi connectivity index (χ2n) is 5.24. The summed E-state index contributed by atoms with van der Waals surface area (Å²) in [5.41, 5.74) is 1.66. The first-order chi connectivity index (χ1) is 12.6. The fourth-order valence-electron chi connectivity index (χ4n) is 2.05. The normalized spacial score (nSPS) is 10.8. The first-order valence-corrected chi connectivity index (χ1v) is 8.85. The zero-order valence-electron chi connectivity index (χ0n) is 13.4. The number of amides is 1. The van der Waals surface area contributed by atoms with Crippen LogP contribution in [0, 0.1) is 5.82 Å². The van der Waals surface area contributed by atoms with E-state index in [1.165, 1.54) is 29.5 Å². The van der Waals surface area contributed by atoms with E-state index in [0.717, 1.165) is 11.1 Å². The van der Waals surface area contributed by atoms with Crippen LogP contribution in [0.1, 0.15) is 11.1 Å². The number of rotatable bonds is 6. The minimum Gasteiger partial charge on any atom is -0.356 e.